The maximum Gasteiger partial charge on any atom is 0.184 e. The third kappa shape index (κ3) is 3.43. The summed E-state index contributed by atoms with van der Waals surface area (Å²) in [4.78, 5) is 0. The molecule has 1 aliphatic heterocycles. The second kappa shape index (κ2) is 7.04. The molecule has 1 saturated heterocycles. The summed E-state index contributed by atoms with van der Waals surface area (Å²) in [6.45, 7) is -0.886. The molecule has 120 valence electrons. The molecule has 10 heteroatoms. The zero-order chi connectivity index (χ0) is 15.6. The second-order valence-electron chi connectivity index (χ2n) is 4.68. The lowest BCUT2D eigenvalue weighted by Crippen LogP contribution is -2.63. The largest absolute Gasteiger partial charge is 0.394 e. The molecule has 0 aromatic carbocycles. The van der Waals surface area contributed by atoms with E-state index in [1.54, 1.807) is 0 Å². The van der Waals surface area contributed by atoms with E-state index in [1.165, 1.54) is 0 Å². The zero-order valence-corrected chi connectivity index (χ0v) is 10.3. The first-order chi connectivity index (χ1) is 9.22. The molecule has 1 rings (SSSR count). The molecule has 8 unspecified atom stereocenters. The van der Waals surface area contributed by atoms with E-state index in [2.05, 4.69) is 4.74 Å². The molecule has 9 N–H and O–H groups in total. The van der Waals surface area contributed by atoms with E-state index >= 15 is 0 Å². The Hall–Kier alpha value is -0.400. The summed E-state index contributed by atoms with van der Waals surface area (Å²) in [6, 6.07) is 0. The van der Waals surface area contributed by atoms with Crippen LogP contribution in [0, 0.1) is 0 Å². The molecule has 20 heavy (non-hydrogen) atoms. The lowest BCUT2D eigenvalue weighted by atomic mass is 9.90. The highest BCUT2D eigenvalue weighted by atomic mass is 16.6. The van der Waals surface area contributed by atoms with Crippen LogP contribution < -0.4 is 0 Å². The summed E-state index contributed by atoms with van der Waals surface area (Å²) >= 11 is 0. The third-order valence-corrected chi connectivity index (χ3v) is 3.24. The van der Waals surface area contributed by atoms with Crippen molar-refractivity contribution in [2.75, 3.05) is 6.61 Å². The molecule has 9 atom stereocenters. The van der Waals surface area contributed by atoms with Crippen molar-refractivity contribution in [2.45, 2.75) is 55.1 Å². The van der Waals surface area contributed by atoms with E-state index in [4.69, 9.17) is 10.2 Å². The average Bonchev–Trinajstić information content (AvgIpc) is 2.45. The van der Waals surface area contributed by atoms with Gasteiger partial charge in [0.2, 0.25) is 0 Å². The first-order valence-corrected chi connectivity index (χ1v) is 5.93. The lowest BCUT2D eigenvalue weighted by molar-refractivity contribution is -0.306. The van der Waals surface area contributed by atoms with Crippen molar-refractivity contribution < 1.29 is 50.7 Å². The molecule has 0 spiro atoms. The van der Waals surface area contributed by atoms with Gasteiger partial charge in [-0.2, -0.15) is 0 Å². The number of hydrogen-bond donors (Lipinski definition) is 9. The van der Waals surface area contributed by atoms with Crippen molar-refractivity contribution in [3.63, 3.8) is 0 Å². The van der Waals surface area contributed by atoms with Gasteiger partial charge < -0.3 is 50.7 Å². The van der Waals surface area contributed by atoms with Crippen LogP contribution in [0.3, 0.4) is 0 Å². The first-order valence-electron chi connectivity index (χ1n) is 5.93. The zero-order valence-electron chi connectivity index (χ0n) is 10.3. The monoisotopic (exact) mass is 300 g/mol. The van der Waals surface area contributed by atoms with Gasteiger partial charge in [0.25, 0.3) is 0 Å². The van der Waals surface area contributed by atoms with Gasteiger partial charge in [0.05, 0.1) is 6.61 Å². The van der Waals surface area contributed by atoms with Crippen LogP contribution in [0.4, 0.5) is 0 Å². The Labute approximate surface area is 113 Å². The van der Waals surface area contributed by atoms with Crippen LogP contribution in [0.1, 0.15) is 0 Å². The van der Waals surface area contributed by atoms with Crippen molar-refractivity contribution in [3.8, 4) is 0 Å². The normalized spacial score (nSPS) is 41.0. The average molecular weight is 300 g/mol. The minimum Gasteiger partial charge on any atom is -0.394 e. The van der Waals surface area contributed by atoms with Crippen LogP contribution in [0.5, 0.6) is 0 Å². The molecule has 0 aromatic rings. The Morgan fingerprint density at radius 1 is 0.800 bits per heavy atom. The Morgan fingerprint density at radius 3 is 1.85 bits per heavy atom. The fraction of sp³-hybridized carbons (Fsp3) is 1.00. The highest BCUT2D eigenvalue weighted by molar-refractivity contribution is 4.96. The van der Waals surface area contributed by atoms with Crippen LogP contribution in [0.25, 0.3) is 0 Å². The molecular formula is C10H20O10. The SMILES string of the molecule is OCC(O)C(O)C(O)C(O)C1O[C@@H](O)C(O)C(O)C1O. The molecule has 10 nitrogen and oxygen atoms in total. The summed E-state index contributed by atoms with van der Waals surface area (Å²) in [5.41, 5.74) is 0. The van der Waals surface area contributed by atoms with Crippen molar-refractivity contribution in [1.29, 1.82) is 0 Å². The van der Waals surface area contributed by atoms with Gasteiger partial charge in [-0.25, -0.2) is 0 Å². The van der Waals surface area contributed by atoms with E-state index in [9.17, 15) is 35.7 Å². The van der Waals surface area contributed by atoms with Crippen molar-refractivity contribution in [1.82, 2.24) is 0 Å². The summed E-state index contributed by atoms with van der Waals surface area (Å²) < 4.78 is 4.66. The maximum absolute atomic E-state index is 9.76. The van der Waals surface area contributed by atoms with Gasteiger partial charge in [0.15, 0.2) is 6.29 Å². The van der Waals surface area contributed by atoms with Crippen LogP contribution >= 0.6 is 0 Å². The van der Waals surface area contributed by atoms with Crippen molar-refractivity contribution >= 4 is 0 Å². The maximum atomic E-state index is 9.76. The summed E-state index contributed by atoms with van der Waals surface area (Å²) in [5.74, 6) is 0. The number of aliphatic hydroxyl groups is 9. The van der Waals surface area contributed by atoms with Gasteiger partial charge in [-0.1, -0.05) is 0 Å². The molecule has 0 amide bonds. The standard InChI is InChI=1S/C10H20O10/c11-1-2(12)3(13)4(14)6(16)9-7(17)5(15)8(18)10(19)20-9/h2-19H,1H2/t2?,3?,4?,5?,6?,7?,8?,9?,10-/m1/s1. The predicted octanol–water partition coefficient (Wildman–Crippen LogP) is -5.78. The molecule has 1 aliphatic rings. The van der Waals surface area contributed by atoms with Crippen molar-refractivity contribution in [2.24, 2.45) is 0 Å². The fourth-order valence-electron chi connectivity index (χ4n) is 1.90. The van der Waals surface area contributed by atoms with Gasteiger partial charge in [-0.15, -0.1) is 0 Å². The van der Waals surface area contributed by atoms with Crippen molar-refractivity contribution in [3.05, 3.63) is 0 Å². The molecular weight excluding hydrogens is 280 g/mol. The van der Waals surface area contributed by atoms with Gasteiger partial charge in [-0.3, -0.25) is 0 Å². The Morgan fingerprint density at radius 2 is 1.35 bits per heavy atom. The molecule has 0 saturated carbocycles. The van der Waals surface area contributed by atoms with Gasteiger partial charge in [0.1, 0.15) is 48.8 Å². The van der Waals surface area contributed by atoms with E-state index in [-0.39, 0.29) is 0 Å². The van der Waals surface area contributed by atoms with Crippen LogP contribution in [-0.2, 0) is 4.74 Å². The fourth-order valence-corrected chi connectivity index (χ4v) is 1.90. The molecule has 0 aliphatic carbocycles. The predicted molar refractivity (Wildman–Crippen MR) is 60.0 cm³/mol. The van der Waals surface area contributed by atoms with Crippen LogP contribution in [0.2, 0.25) is 0 Å². The van der Waals surface area contributed by atoms with E-state index < -0.39 is 61.7 Å². The third-order valence-electron chi connectivity index (χ3n) is 3.24. The Balaban J connectivity index is 2.77. The summed E-state index contributed by atoms with van der Waals surface area (Å²) in [6.07, 6.45) is -16.9. The molecule has 0 bridgehead atoms. The summed E-state index contributed by atoms with van der Waals surface area (Å²) in [5, 5.41) is 84.1. The Kier molecular flexibility index (Phi) is 6.22. The minimum atomic E-state index is -2.04. The van der Waals surface area contributed by atoms with Gasteiger partial charge >= 0.3 is 0 Å². The van der Waals surface area contributed by atoms with E-state index in [0.29, 0.717) is 0 Å². The number of hydrogen-bond acceptors (Lipinski definition) is 10. The quantitative estimate of drug-likeness (QED) is 0.236. The highest BCUT2D eigenvalue weighted by Gasteiger charge is 2.48. The molecule has 0 aromatic heterocycles. The smallest absolute Gasteiger partial charge is 0.184 e. The second-order valence-corrected chi connectivity index (χ2v) is 4.68. The molecule has 0 radical (unpaired) electrons. The number of aliphatic hydroxyl groups excluding tert-OH is 9. The van der Waals surface area contributed by atoms with Gasteiger partial charge in [-0.05, 0) is 0 Å². The van der Waals surface area contributed by atoms with E-state index in [1.807, 2.05) is 0 Å². The topological polar surface area (TPSA) is 191 Å². The molecule has 1 fully saturated rings. The molecule has 1 heterocycles. The number of ether oxygens (including phenoxy) is 1. The van der Waals surface area contributed by atoms with Crippen LogP contribution in [-0.4, -0.2) is 108 Å². The lowest BCUT2D eigenvalue weighted by Gasteiger charge is -2.41. The minimum absolute atomic E-state index is 0.886. The Bertz CT molecular complexity index is 302. The van der Waals surface area contributed by atoms with E-state index in [0.717, 1.165) is 0 Å². The first kappa shape index (κ1) is 17.7. The van der Waals surface area contributed by atoms with Crippen LogP contribution in [0.15, 0.2) is 0 Å². The summed E-state index contributed by atoms with van der Waals surface area (Å²) in [7, 11) is 0. The van der Waals surface area contributed by atoms with Gasteiger partial charge in [0, 0.05) is 0 Å². The highest BCUT2D eigenvalue weighted by Crippen LogP contribution is 2.24. The number of rotatable bonds is 5.